The van der Waals surface area contributed by atoms with Gasteiger partial charge in [-0.05, 0) is 26.8 Å². The highest BCUT2D eigenvalue weighted by molar-refractivity contribution is 7.90. The van der Waals surface area contributed by atoms with E-state index in [1.54, 1.807) is 26.8 Å². The largest absolute Gasteiger partial charge is 0.389 e. The summed E-state index contributed by atoms with van der Waals surface area (Å²) in [5.41, 5.74) is 6.04. The van der Waals surface area contributed by atoms with E-state index >= 15 is 0 Å². The van der Waals surface area contributed by atoms with Gasteiger partial charge in [0, 0.05) is 17.7 Å². The molecule has 7 heteroatoms. The molecule has 4 nitrogen and oxygen atoms in total. The van der Waals surface area contributed by atoms with Crippen LogP contribution in [0.25, 0.3) is 0 Å². The topological polar surface area (TPSA) is 72.2 Å². The van der Waals surface area contributed by atoms with Crippen molar-refractivity contribution in [3.8, 4) is 0 Å². The summed E-state index contributed by atoms with van der Waals surface area (Å²) >= 11 is 4.74. The van der Waals surface area contributed by atoms with Gasteiger partial charge in [0.25, 0.3) is 0 Å². The minimum Gasteiger partial charge on any atom is -0.389 e. The van der Waals surface area contributed by atoms with E-state index in [9.17, 15) is 12.8 Å². The molecule has 0 aromatic heterocycles. The van der Waals surface area contributed by atoms with Gasteiger partial charge in [0.05, 0.1) is 4.75 Å². The van der Waals surface area contributed by atoms with E-state index in [2.05, 4.69) is 4.72 Å². The van der Waals surface area contributed by atoms with Gasteiger partial charge in [-0.2, -0.15) is 0 Å². The summed E-state index contributed by atoms with van der Waals surface area (Å²) in [7, 11) is -3.51. The number of rotatable bonds is 4. The highest BCUT2D eigenvalue weighted by atomic mass is 32.2. The van der Waals surface area contributed by atoms with E-state index in [4.69, 9.17) is 18.0 Å². The Morgan fingerprint density at radius 3 is 2.42 bits per heavy atom. The minimum absolute atomic E-state index is 0.0979. The van der Waals surface area contributed by atoms with Crippen LogP contribution >= 0.6 is 12.2 Å². The molecule has 1 aromatic carbocycles. The molecule has 0 amide bonds. The van der Waals surface area contributed by atoms with Crippen LogP contribution < -0.4 is 10.5 Å². The smallest absolute Gasteiger partial charge is 0.216 e. The molecule has 0 spiro atoms. The number of hydrogen-bond donors (Lipinski definition) is 2. The lowest BCUT2D eigenvalue weighted by Gasteiger charge is -2.19. The van der Waals surface area contributed by atoms with Crippen molar-refractivity contribution in [2.75, 3.05) is 0 Å². The summed E-state index contributed by atoms with van der Waals surface area (Å²) in [5.74, 6) is -0.540. The molecule has 0 aliphatic carbocycles. The van der Waals surface area contributed by atoms with Crippen LogP contribution in [0.3, 0.4) is 0 Å². The molecule has 0 fully saturated rings. The Morgan fingerprint density at radius 1 is 1.42 bits per heavy atom. The van der Waals surface area contributed by atoms with Crippen LogP contribution in [0, 0.1) is 5.82 Å². The first-order valence-corrected chi connectivity index (χ1v) is 7.51. The lowest BCUT2D eigenvalue weighted by Crippen LogP contribution is -2.39. The van der Waals surface area contributed by atoms with Gasteiger partial charge < -0.3 is 5.73 Å². The summed E-state index contributed by atoms with van der Waals surface area (Å²) in [6.07, 6.45) is 0. The van der Waals surface area contributed by atoms with Gasteiger partial charge >= 0.3 is 0 Å². The van der Waals surface area contributed by atoms with E-state index in [0.717, 1.165) is 0 Å². The zero-order valence-electron chi connectivity index (χ0n) is 11.0. The Kier molecular flexibility index (Phi) is 4.65. The highest BCUT2D eigenvalue weighted by Gasteiger charge is 2.28. The van der Waals surface area contributed by atoms with Crippen LogP contribution in [0.2, 0.25) is 0 Å². The van der Waals surface area contributed by atoms with Crippen molar-refractivity contribution in [1.29, 1.82) is 0 Å². The van der Waals surface area contributed by atoms with E-state index in [-0.39, 0.29) is 17.1 Å². The molecule has 0 radical (unpaired) electrons. The second-order valence-electron chi connectivity index (χ2n) is 5.11. The quantitative estimate of drug-likeness (QED) is 0.830. The molecule has 0 aliphatic rings. The molecule has 106 valence electrons. The number of hydrogen-bond acceptors (Lipinski definition) is 3. The van der Waals surface area contributed by atoms with Gasteiger partial charge in [-0.15, -0.1) is 0 Å². The van der Waals surface area contributed by atoms with Crippen molar-refractivity contribution in [3.05, 3.63) is 35.1 Å². The maximum absolute atomic E-state index is 13.7. The molecule has 19 heavy (non-hydrogen) atoms. The Balaban J connectivity index is 2.89. The second-order valence-corrected chi connectivity index (χ2v) is 8.07. The third-order valence-electron chi connectivity index (χ3n) is 2.60. The zero-order chi connectivity index (χ0) is 14.8. The van der Waals surface area contributed by atoms with Gasteiger partial charge in [-0.1, -0.05) is 24.4 Å². The lowest BCUT2D eigenvalue weighted by molar-refractivity contribution is 0.541. The average molecular weight is 304 g/mol. The lowest BCUT2D eigenvalue weighted by atomic mass is 10.1. The predicted octanol–water partition coefficient (Wildman–Crippen LogP) is 1.68. The molecule has 0 aliphatic heterocycles. The van der Waals surface area contributed by atoms with Crippen LogP contribution in [0.15, 0.2) is 18.2 Å². The molecule has 0 saturated heterocycles. The molecule has 0 atom stereocenters. The van der Waals surface area contributed by atoms with E-state index in [0.29, 0.717) is 5.56 Å². The Labute approximate surface area is 118 Å². The molecular formula is C12H17FN2O2S2. The monoisotopic (exact) mass is 304 g/mol. The summed E-state index contributed by atoms with van der Waals surface area (Å²) in [5, 5.41) is 0. The van der Waals surface area contributed by atoms with Crippen molar-refractivity contribution in [2.24, 2.45) is 5.73 Å². The van der Waals surface area contributed by atoms with Crippen molar-refractivity contribution in [2.45, 2.75) is 32.1 Å². The number of benzene rings is 1. The summed E-state index contributed by atoms with van der Waals surface area (Å²) in [6, 6.07) is 4.23. The van der Waals surface area contributed by atoms with Crippen LogP contribution in [0.5, 0.6) is 0 Å². The third-order valence-corrected chi connectivity index (χ3v) is 4.97. The molecular weight excluding hydrogens is 287 g/mol. The SMILES string of the molecule is CC(C)(C)S(=O)(=O)NCc1ccc(C(N)=S)cc1F. The van der Waals surface area contributed by atoms with E-state index in [1.807, 2.05) is 0 Å². The fourth-order valence-electron chi connectivity index (χ4n) is 1.23. The molecule has 0 unspecified atom stereocenters. The number of thiocarbonyl (C=S) groups is 1. The Hall–Kier alpha value is -1.05. The molecule has 0 bridgehead atoms. The van der Waals surface area contributed by atoms with Gasteiger partial charge in [0.1, 0.15) is 10.8 Å². The summed E-state index contributed by atoms with van der Waals surface area (Å²) in [4.78, 5) is 0.0979. The maximum Gasteiger partial charge on any atom is 0.216 e. The number of nitrogens with two attached hydrogens (primary N) is 1. The molecule has 0 heterocycles. The van der Waals surface area contributed by atoms with Crippen LogP contribution in [-0.2, 0) is 16.6 Å². The first kappa shape index (κ1) is 16.0. The maximum atomic E-state index is 13.7. The Bertz CT molecular complexity index is 592. The zero-order valence-corrected chi connectivity index (χ0v) is 12.7. The van der Waals surface area contributed by atoms with Gasteiger partial charge in [0.15, 0.2) is 0 Å². The average Bonchev–Trinajstić information content (AvgIpc) is 2.25. The van der Waals surface area contributed by atoms with Crippen molar-refractivity contribution in [1.82, 2.24) is 4.72 Å². The summed E-state index contributed by atoms with van der Waals surface area (Å²) in [6.45, 7) is 4.61. The van der Waals surface area contributed by atoms with E-state index < -0.39 is 20.6 Å². The molecule has 0 saturated carbocycles. The van der Waals surface area contributed by atoms with Gasteiger partial charge in [-0.3, -0.25) is 0 Å². The first-order chi connectivity index (χ1) is 8.54. The van der Waals surface area contributed by atoms with Crippen molar-refractivity contribution in [3.63, 3.8) is 0 Å². The fraction of sp³-hybridized carbons (Fsp3) is 0.417. The molecule has 3 N–H and O–H groups in total. The van der Waals surface area contributed by atoms with Crippen LogP contribution in [-0.4, -0.2) is 18.2 Å². The van der Waals surface area contributed by atoms with Crippen molar-refractivity contribution >= 4 is 27.2 Å². The fourth-order valence-corrected chi connectivity index (χ4v) is 2.14. The van der Waals surface area contributed by atoms with E-state index in [1.165, 1.54) is 12.1 Å². The van der Waals surface area contributed by atoms with Crippen molar-refractivity contribution < 1.29 is 12.8 Å². The minimum atomic E-state index is -3.51. The van der Waals surface area contributed by atoms with Gasteiger partial charge in [-0.25, -0.2) is 17.5 Å². The third kappa shape index (κ3) is 3.95. The van der Waals surface area contributed by atoms with Gasteiger partial charge in [0.2, 0.25) is 10.0 Å². The molecule has 1 aromatic rings. The Morgan fingerprint density at radius 2 is 2.00 bits per heavy atom. The molecule has 1 rings (SSSR count). The number of sulfonamides is 1. The first-order valence-electron chi connectivity index (χ1n) is 5.62. The van der Waals surface area contributed by atoms with Crippen LogP contribution in [0.1, 0.15) is 31.9 Å². The number of halogens is 1. The normalized spacial score (nSPS) is 12.4. The summed E-state index contributed by atoms with van der Waals surface area (Å²) < 4.78 is 38.8. The standard InChI is InChI=1S/C12H17FN2O2S2/c1-12(2,3)19(16,17)15-7-9-5-4-8(11(14)18)6-10(9)13/h4-6,15H,7H2,1-3H3,(H2,14,18). The number of nitrogens with one attached hydrogen (secondary N) is 1. The predicted molar refractivity (Wildman–Crippen MR) is 77.8 cm³/mol. The highest BCUT2D eigenvalue weighted by Crippen LogP contribution is 2.15. The second kappa shape index (κ2) is 5.52. The van der Waals surface area contributed by atoms with Crippen LogP contribution in [0.4, 0.5) is 4.39 Å².